The summed E-state index contributed by atoms with van der Waals surface area (Å²) in [5.74, 6) is -0.286. The smallest absolute Gasteiger partial charge is 0.269 e. The van der Waals surface area contributed by atoms with Crippen LogP contribution in [0, 0.1) is 10.1 Å². The largest absolute Gasteiger partial charge is 0.346 e. The minimum absolute atomic E-state index is 0.00615. The van der Waals surface area contributed by atoms with Crippen molar-refractivity contribution in [1.82, 2.24) is 24.5 Å². The van der Waals surface area contributed by atoms with E-state index in [-0.39, 0.29) is 18.1 Å². The molecule has 0 saturated carbocycles. The first-order valence-corrected chi connectivity index (χ1v) is 9.00. The molecule has 3 aromatic heterocycles. The number of carbonyl (C=O) groups is 1. The van der Waals surface area contributed by atoms with E-state index in [0.29, 0.717) is 11.3 Å². The summed E-state index contributed by atoms with van der Waals surface area (Å²) in [4.78, 5) is 27.1. The summed E-state index contributed by atoms with van der Waals surface area (Å²) in [5, 5.41) is 17.7. The zero-order valence-corrected chi connectivity index (χ0v) is 15.9. The summed E-state index contributed by atoms with van der Waals surface area (Å²) in [6.45, 7) is 0.279. The standard InChI is InChI=1S/C18H13BrN6O3/c19-13-1-6-17-22-14(11-23(17)10-13)8-20-18(26)12-7-21-24(9-12)15-2-4-16(5-3-15)25(27)28/h1-7,9-11H,8H2,(H,20,26). The maximum atomic E-state index is 12.4. The molecule has 1 amide bonds. The number of carbonyl (C=O) groups excluding carboxylic acids is 1. The summed E-state index contributed by atoms with van der Waals surface area (Å²) in [7, 11) is 0. The molecule has 140 valence electrons. The van der Waals surface area contributed by atoms with Crippen LogP contribution in [0.5, 0.6) is 0 Å². The number of imidazole rings is 1. The van der Waals surface area contributed by atoms with Crippen LogP contribution < -0.4 is 5.32 Å². The van der Waals surface area contributed by atoms with Crippen molar-refractivity contribution in [2.75, 3.05) is 0 Å². The van der Waals surface area contributed by atoms with Crippen LogP contribution >= 0.6 is 15.9 Å². The van der Waals surface area contributed by atoms with Crippen molar-refractivity contribution in [2.45, 2.75) is 6.54 Å². The predicted octanol–water partition coefficient (Wildman–Crippen LogP) is 3.12. The first kappa shape index (κ1) is 17.9. The van der Waals surface area contributed by atoms with Gasteiger partial charge in [0.05, 0.1) is 34.6 Å². The first-order chi connectivity index (χ1) is 13.5. The molecule has 0 unspecified atom stereocenters. The second-order valence-electron chi connectivity index (χ2n) is 5.97. The van der Waals surface area contributed by atoms with Gasteiger partial charge >= 0.3 is 0 Å². The van der Waals surface area contributed by atoms with Crippen LogP contribution in [0.2, 0.25) is 0 Å². The molecule has 10 heteroatoms. The van der Waals surface area contributed by atoms with Crippen LogP contribution in [-0.4, -0.2) is 30.0 Å². The zero-order chi connectivity index (χ0) is 19.7. The lowest BCUT2D eigenvalue weighted by Crippen LogP contribution is -2.22. The average molecular weight is 441 g/mol. The van der Waals surface area contributed by atoms with Crippen molar-refractivity contribution in [3.8, 4) is 5.69 Å². The number of hydrogen-bond acceptors (Lipinski definition) is 5. The maximum Gasteiger partial charge on any atom is 0.269 e. The van der Waals surface area contributed by atoms with Gasteiger partial charge < -0.3 is 9.72 Å². The SMILES string of the molecule is O=C(NCc1cn2cc(Br)ccc2n1)c1cnn(-c2ccc([N+](=O)[O-])cc2)c1. The van der Waals surface area contributed by atoms with Gasteiger partial charge in [-0.3, -0.25) is 14.9 Å². The van der Waals surface area contributed by atoms with Crippen LogP contribution in [0.1, 0.15) is 16.1 Å². The van der Waals surface area contributed by atoms with Crippen LogP contribution in [0.25, 0.3) is 11.3 Å². The van der Waals surface area contributed by atoms with Crippen molar-refractivity contribution in [3.05, 3.63) is 87.0 Å². The number of hydrogen-bond donors (Lipinski definition) is 1. The van der Waals surface area contributed by atoms with Crippen molar-refractivity contribution in [2.24, 2.45) is 0 Å². The number of nitro groups is 1. The molecule has 0 aliphatic rings. The number of nitrogens with one attached hydrogen (secondary N) is 1. The maximum absolute atomic E-state index is 12.4. The van der Waals surface area contributed by atoms with Gasteiger partial charge in [-0.1, -0.05) is 0 Å². The highest BCUT2D eigenvalue weighted by molar-refractivity contribution is 9.10. The Kier molecular flexibility index (Phi) is 4.62. The monoisotopic (exact) mass is 440 g/mol. The van der Waals surface area contributed by atoms with E-state index in [0.717, 1.165) is 15.8 Å². The molecular weight excluding hydrogens is 428 g/mol. The van der Waals surface area contributed by atoms with Crippen LogP contribution in [0.15, 0.2) is 65.7 Å². The average Bonchev–Trinajstić information content (AvgIpc) is 3.33. The molecule has 1 N–H and O–H groups in total. The van der Waals surface area contributed by atoms with Gasteiger partial charge in [0.25, 0.3) is 11.6 Å². The quantitative estimate of drug-likeness (QED) is 0.378. The number of halogens is 1. The molecule has 0 aliphatic carbocycles. The van der Waals surface area contributed by atoms with E-state index >= 15 is 0 Å². The molecule has 0 aliphatic heterocycles. The molecule has 0 bridgehead atoms. The van der Waals surface area contributed by atoms with Crippen molar-refractivity contribution < 1.29 is 9.72 Å². The highest BCUT2D eigenvalue weighted by Crippen LogP contribution is 2.15. The molecule has 0 atom stereocenters. The second-order valence-corrected chi connectivity index (χ2v) is 6.89. The van der Waals surface area contributed by atoms with Crippen LogP contribution in [-0.2, 0) is 6.54 Å². The lowest BCUT2D eigenvalue weighted by atomic mass is 10.3. The molecule has 28 heavy (non-hydrogen) atoms. The minimum Gasteiger partial charge on any atom is -0.346 e. The Morgan fingerprint density at radius 2 is 1.93 bits per heavy atom. The number of fused-ring (bicyclic) bond motifs is 1. The Morgan fingerprint density at radius 1 is 1.14 bits per heavy atom. The Morgan fingerprint density at radius 3 is 2.68 bits per heavy atom. The lowest BCUT2D eigenvalue weighted by molar-refractivity contribution is -0.384. The summed E-state index contributed by atoms with van der Waals surface area (Å²) in [6.07, 6.45) is 6.75. The van der Waals surface area contributed by atoms with E-state index < -0.39 is 4.92 Å². The second kappa shape index (κ2) is 7.24. The fourth-order valence-electron chi connectivity index (χ4n) is 2.68. The van der Waals surface area contributed by atoms with Gasteiger partial charge in [0.1, 0.15) is 5.65 Å². The Bertz CT molecular complexity index is 1180. The number of nitro benzene ring substituents is 1. The molecule has 9 nitrogen and oxygen atoms in total. The molecular formula is C18H13BrN6O3. The van der Waals surface area contributed by atoms with E-state index in [9.17, 15) is 14.9 Å². The molecule has 1 aromatic carbocycles. The van der Waals surface area contributed by atoms with E-state index in [1.165, 1.54) is 23.0 Å². The third-order valence-electron chi connectivity index (χ3n) is 4.06. The van der Waals surface area contributed by atoms with Gasteiger partial charge in [0.15, 0.2) is 0 Å². The molecule has 0 saturated heterocycles. The normalized spacial score (nSPS) is 10.9. The molecule has 0 radical (unpaired) electrons. The molecule has 3 heterocycles. The van der Waals surface area contributed by atoms with Gasteiger partial charge in [0.2, 0.25) is 0 Å². The summed E-state index contributed by atoms with van der Waals surface area (Å²) < 4.78 is 4.30. The van der Waals surface area contributed by atoms with E-state index in [1.54, 1.807) is 18.3 Å². The summed E-state index contributed by atoms with van der Waals surface area (Å²) >= 11 is 3.41. The number of non-ortho nitro benzene ring substituents is 1. The van der Waals surface area contributed by atoms with Gasteiger partial charge in [0, 0.05) is 35.2 Å². The number of benzene rings is 1. The highest BCUT2D eigenvalue weighted by atomic mass is 79.9. The highest BCUT2D eigenvalue weighted by Gasteiger charge is 2.11. The number of amides is 1. The predicted molar refractivity (Wildman–Crippen MR) is 104 cm³/mol. The summed E-state index contributed by atoms with van der Waals surface area (Å²) in [6, 6.07) is 9.70. The van der Waals surface area contributed by atoms with Gasteiger partial charge in [-0.2, -0.15) is 5.10 Å². The number of aromatic nitrogens is 4. The summed E-state index contributed by atoms with van der Waals surface area (Å²) in [5.41, 5.74) is 2.52. The number of nitrogens with zero attached hydrogens (tertiary/aromatic N) is 5. The third-order valence-corrected chi connectivity index (χ3v) is 4.53. The van der Waals surface area contributed by atoms with Crippen molar-refractivity contribution >= 4 is 33.2 Å². The van der Waals surface area contributed by atoms with Gasteiger partial charge in [-0.15, -0.1) is 0 Å². The molecule has 4 aromatic rings. The fraction of sp³-hybridized carbons (Fsp3) is 0.0556. The van der Waals surface area contributed by atoms with Crippen LogP contribution in [0.4, 0.5) is 5.69 Å². The Balaban J connectivity index is 1.44. The topological polar surface area (TPSA) is 107 Å². The Labute approximate surface area is 166 Å². The molecule has 0 fully saturated rings. The lowest BCUT2D eigenvalue weighted by Gasteiger charge is -2.01. The third kappa shape index (κ3) is 3.62. The van der Waals surface area contributed by atoms with Crippen LogP contribution in [0.3, 0.4) is 0 Å². The van der Waals surface area contributed by atoms with E-state index in [4.69, 9.17) is 0 Å². The number of pyridine rings is 1. The minimum atomic E-state index is -0.468. The zero-order valence-electron chi connectivity index (χ0n) is 14.3. The molecule has 4 rings (SSSR count). The Hall–Kier alpha value is -3.53. The van der Waals surface area contributed by atoms with E-state index in [2.05, 4.69) is 31.3 Å². The van der Waals surface area contributed by atoms with Crippen molar-refractivity contribution in [3.63, 3.8) is 0 Å². The van der Waals surface area contributed by atoms with Crippen molar-refractivity contribution in [1.29, 1.82) is 0 Å². The van der Waals surface area contributed by atoms with Gasteiger partial charge in [-0.25, -0.2) is 9.67 Å². The molecule has 0 spiro atoms. The van der Waals surface area contributed by atoms with Gasteiger partial charge in [-0.05, 0) is 40.2 Å². The van der Waals surface area contributed by atoms with E-state index in [1.807, 2.05) is 28.9 Å². The number of rotatable bonds is 5. The first-order valence-electron chi connectivity index (χ1n) is 8.20. The fourth-order valence-corrected chi connectivity index (χ4v) is 3.04.